The van der Waals surface area contributed by atoms with Gasteiger partial charge >= 0.3 is 11.7 Å². The highest BCUT2D eigenvalue weighted by Gasteiger charge is 2.23. The number of ether oxygens (including phenoxy) is 2. The van der Waals surface area contributed by atoms with Crippen molar-refractivity contribution < 1.29 is 24.0 Å². The van der Waals surface area contributed by atoms with Crippen LogP contribution >= 0.6 is 11.6 Å². The van der Waals surface area contributed by atoms with E-state index in [4.69, 9.17) is 21.1 Å². The molecule has 2 aromatic carbocycles. The van der Waals surface area contributed by atoms with Gasteiger partial charge in [-0.25, -0.2) is 0 Å². The van der Waals surface area contributed by atoms with Gasteiger partial charge in [-0.05, 0) is 55.2 Å². The molecule has 0 unspecified atom stereocenters. The number of hydrogen-bond donors (Lipinski definition) is 1. The zero-order valence-electron chi connectivity index (χ0n) is 14.7. The molecule has 1 fully saturated rings. The SMILES string of the molecule is O=C(CNC(=O)c1ccc(Oc2ccc(Cl)cc2[N+](=O)[O-])cc1)OCC1CC1. The van der Waals surface area contributed by atoms with E-state index in [2.05, 4.69) is 5.32 Å². The highest BCUT2D eigenvalue weighted by molar-refractivity contribution is 6.30. The zero-order chi connectivity index (χ0) is 20.1. The van der Waals surface area contributed by atoms with Crippen molar-refractivity contribution in [3.63, 3.8) is 0 Å². The van der Waals surface area contributed by atoms with Gasteiger partial charge in [0.15, 0.2) is 0 Å². The van der Waals surface area contributed by atoms with Gasteiger partial charge in [0.2, 0.25) is 5.75 Å². The van der Waals surface area contributed by atoms with Crippen LogP contribution in [0.15, 0.2) is 42.5 Å². The number of carbonyl (C=O) groups excluding carboxylic acids is 2. The molecule has 1 aliphatic carbocycles. The van der Waals surface area contributed by atoms with Gasteiger partial charge in [0.25, 0.3) is 5.91 Å². The summed E-state index contributed by atoms with van der Waals surface area (Å²) in [5.74, 6) is -0.109. The number of rotatable bonds is 8. The molecule has 1 amide bonds. The number of carbonyl (C=O) groups is 2. The smallest absolute Gasteiger partial charge is 0.325 e. The summed E-state index contributed by atoms with van der Waals surface area (Å²) in [6.07, 6.45) is 2.15. The van der Waals surface area contributed by atoms with Crippen molar-refractivity contribution >= 4 is 29.2 Å². The molecule has 3 rings (SSSR count). The number of esters is 1. The van der Waals surface area contributed by atoms with Crippen LogP contribution in [-0.4, -0.2) is 30.0 Å². The number of nitrogens with one attached hydrogen (secondary N) is 1. The monoisotopic (exact) mass is 404 g/mol. The van der Waals surface area contributed by atoms with E-state index >= 15 is 0 Å². The molecule has 0 bridgehead atoms. The zero-order valence-corrected chi connectivity index (χ0v) is 15.5. The van der Waals surface area contributed by atoms with Crippen LogP contribution in [0.2, 0.25) is 5.02 Å². The standard InChI is InChI=1S/C19H17ClN2O6/c20-14-5-8-17(16(9-14)22(25)26)28-15-6-3-13(4-7-15)19(24)21-10-18(23)27-11-12-1-2-12/h3-9,12H,1-2,10-11H2,(H,21,24). The van der Waals surface area contributed by atoms with Gasteiger partial charge in [0.1, 0.15) is 12.3 Å². The summed E-state index contributed by atoms with van der Waals surface area (Å²) in [4.78, 5) is 34.2. The van der Waals surface area contributed by atoms with E-state index in [-0.39, 0.29) is 23.0 Å². The first-order valence-electron chi connectivity index (χ1n) is 8.58. The largest absolute Gasteiger partial charge is 0.464 e. The van der Waals surface area contributed by atoms with Gasteiger partial charge in [-0.3, -0.25) is 19.7 Å². The van der Waals surface area contributed by atoms with Gasteiger partial charge in [-0.15, -0.1) is 0 Å². The van der Waals surface area contributed by atoms with Crippen LogP contribution in [0.1, 0.15) is 23.2 Å². The van der Waals surface area contributed by atoms with Crippen LogP contribution in [-0.2, 0) is 9.53 Å². The molecule has 146 valence electrons. The van der Waals surface area contributed by atoms with E-state index in [1.807, 2.05) is 0 Å². The maximum Gasteiger partial charge on any atom is 0.325 e. The lowest BCUT2D eigenvalue weighted by molar-refractivity contribution is -0.385. The van der Waals surface area contributed by atoms with Crippen molar-refractivity contribution in [2.75, 3.05) is 13.2 Å². The molecule has 2 aromatic rings. The number of amides is 1. The third-order valence-electron chi connectivity index (χ3n) is 4.03. The molecule has 0 atom stereocenters. The second-order valence-electron chi connectivity index (χ2n) is 6.30. The number of nitro groups is 1. The second kappa shape index (κ2) is 8.71. The lowest BCUT2D eigenvalue weighted by atomic mass is 10.2. The summed E-state index contributed by atoms with van der Waals surface area (Å²) >= 11 is 5.77. The molecule has 9 heteroatoms. The molecular formula is C19H17ClN2O6. The maximum atomic E-state index is 12.1. The summed E-state index contributed by atoms with van der Waals surface area (Å²) in [6, 6.07) is 10.0. The molecule has 28 heavy (non-hydrogen) atoms. The molecule has 0 spiro atoms. The number of benzene rings is 2. The lowest BCUT2D eigenvalue weighted by Crippen LogP contribution is -2.30. The molecule has 0 saturated heterocycles. The Bertz CT molecular complexity index is 896. The molecule has 0 aromatic heterocycles. The maximum absolute atomic E-state index is 12.1. The van der Waals surface area contributed by atoms with Crippen LogP contribution in [0.5, 0.6) is 11.5 Å². The number of nitrogens with zero attached hydrogens (tertiary/aromatic N) is 1. The minimum absolute atomic E-state index is 0.0324. The Kier molecular flexibility index (Phi) is 6.10. The molecule has 0 aliphatic heterocycles. The van der Waals surface area contributed by atoms with Gasteiger partial charge in [-0.2, -0.15) is 0 Å². The summed E-state index contributed by atoms with van der Waals surface area (Å²) in [7, 11) is 0. The molecule has 1 N–H and O–H groups in total. The van der Waals surface area contributed by atoms with Crippen molar-refractivity contribution in [2.24, 2.45) is 5.92 Å². The fourth-order valence-electron chi connectivity index (χ4n) is 2.32. The average Bonchev–Trinajstić information content (AvgIpc) is 3.51. The first-order valence-corrected chi connectivity index (χ1v) is 8.96. The summed E-state index contributed by atoms with van der Waals surface area (Å²) in [5.41, 5.74) is 0.0481. The molecule has 8 nitrogen and oxygen atoms in total. The van der Waals surface area contributed by atoms with Crippen molar-refractivity contribution in [3.8, 4) is 11.5 Å². The van der Waals surface area contributed by atoms with Crippen molar-refractivity contribution in [2.45, 2.75) is 12.8 Å². The molecule has 1 saturated carbocycles. The van der Waals surface area contributed by atoms with Gasteiger partial charge in [-0.1, -0.05) is 11.6 Å². The van der Waals surface area contributed by atoms with Crippen molar-refractivity contribution in [3.05, 3.63) is 63.2 Å². The minimum atomic E-state index is -0.592. The van der Waals surface area contributed by atoms with Crippen LogP contribution < -0.4 is 10.1 Å². The summed E-state index contributed by atoms with van der Waals surface area (Å²) < 4.78 is 10.6. The fourth-order valence-corrected chi connectivity index (χ4v) is 2.49. The molecule has 0 heterocycles. The fraction of sp³-hybridized carbons (Fsp3) is 0.263. The van der Waals surface area contributed by atoms with Gasteiger partial charge < -0.3 is 14.8 Å². The Morgan fingerprint density at radius 1 is 1.18 bits per heavy atom. The quantitative estimate of drug-likeness (QED) is 0.408. The van der Waals surface area contributed by atoms with E-state index in [1.54, 1.807) is 0 Å². The topological polar surface area (TPSA) is 108 Å². The van der Waals surface area contributed by atoms with Crippen LogP contribution in [0.3, 0.4) is 0 Å². The highest BCUT2D eigenvalue weighted by atomic mass is 35.5. The molecule has 0 radical (unpaired) electrons. The summed E-state index contributed by atoms with van der Waals surface area (Å²) in [5, 5.41) is 13.8. The number of hydrogen-bond acceptors (Lipinski definition) is 6. The van der Waals surface area contributed by atoms with E-state index < -0.39 is 16.8 Å². The van der Waals surface area contributed by atoms with Crippen LogP contribution in [0.4, 0.5) is 5.69 Å². The van der Waals surface area contributed by atoms with Crippen molar-refractivity contribution in [1.29, 1.82) is 0 Å². The van der Waals surface area contributed by atoms with Gasteiger partial charge in [0, 0.05) is 16.7 Å². The Hall–Kier alpha value is -3.13. The summed E-state index contributed by atoms with van der Waals surface area (Å²) in [6.45, 7) is 0.193. The molecule has 1 aliphatic rings. The Morgan fingerprint density at radius 2 is 1.89 bits per heavy atom. The van der Waals surface area contributed by atoms with Crippen LogP contribution in [0.25, 0.3) is 0 Å². The number of halogens is 1. The first-order chi connectivity index (χ1) is 13.4. The average molecular weight is 405 g/mol. The Labute approximate surface area is 165 Å². The Balaban J connectivity index is 1.56. The third kappa shape index (κ3) is 5.43. The highest BCUT2D eigenvalue weighted by Crippen LogP contribution is 2.33. The predicted octanol–water partition coefficient (Wildman–Crippen LogP) is 3.72. The van der Waals surface area contributed by atoms with Gasteiger partial charge in [0.05, 0.1) is 11.5 Å². The molecular weight excluding hydrogens is 388 g/mol. The first kappa shape index (κ1) is 19.6. The predicted molar refractivity (Wildman–Crippen MR) is 101 cm³/mol. The minimum Gasteiger partial charge on any atom is -0.464 e. The lowest BCUT2D eigenvalue weighted by Gasteiger charge is -2.08. The number of nitro benzene ring substituents is 1. The van der Waals surface area contributed by atoms with E-state index in [0.29, 0.717) is 23.8 Å². The van der Waals surface area contributed by atoms with E-state index in [1.165, 1.54) is 42.5 Å². The third-order valence-corrected chi connectivity index (χ3v) is 4.27. The van der Waals surface area contributed by atoms with E-state index in [0.717, 1.165) is 12.8 Å². The second-order valence-corrected chi connectivity index (χ2v) is 6.74. The normalized spacial score (nSPS) is 12.9. The van der Waals surface area contributed by atoms with E-state index in [9.17, 15) is 19.7 Å². The van der Waals surface area contributed by atoms with Crippen molar-refractivity contribution in [1.82, 2.24) is 5.32 Å². The Morgan fingerprint density at radius 3 is 2.54 bits per heavy atom. The van der Waals surface area contributed by atoms with Crippen LogP contribution in [0, 0.1) is 16.0 Å².